The first-order chi connectivity index (χ1) is 19.1. The third kappa shape index (κ3) is 6.74. The second-order valence-electron chi connectivity index (χ2n) is 11.3. The molecular weight excluding hydrogens is 566 g/mol. The summed E-state index contributed by atoms with van der Waals surface area (Å²) in [7, 11) is -8.42. The van der Waals surface area contributed by atoms with Crippen LogP contribution in [0, 0.1) is 11.6 Å². The molecule has 0 aliphatic heterocycles. The van der Waals surface area contributed by atoms with Gasteiger partial charge < -0.3 is 9.47 Å². The van der Waals surface area contributed by atoms with Crippen LogP contribution < -0.4 is 9.47 Å². The minimum Gasteiger partial charge on any atom is -0.487 e. The highest BCUT2D eigenvalue weighted by Crippen LogP contribution is 2.74. The van der Waals surface area contributed by atoms with Crippen molar-refractivity contribution in [1.82, 2.24) is 0 Å². The largest absolute Gasteiger partial charge is 0.487 e. The molecule has 0 saturated carbocycles. The summed E-state index contributed by atoms with van der Waals surface area (Å²) in [6, 6.07) is 25.5. The average Bonchev–Trinajstić information content (AvgIpc) is 2.87. The molecule has 0 bridgehead atoms. The van der Waals surface area contributed by atoms with E-state index in [1.54, 1.807) is 78.9 Å². The van der Waals surface area contributed by atoms with Gasteiger partial charge in [-0.15, -0.1) is 0 Å². The minimum atomic E-state index is -5.07. The van der Waals surface area contributed by atoms with Crippen molar-refractivity contribution in [2.24, 2.45) is 0 Å². The van der Waals surface area contributed by atoms with Crippen LogP contribution in [0.3, 0.4) is 0 Å². The monoisotopic (exact) mass is 600 g/mol. The highest BCUT2D eigenvalue weighted by Gasteiger charge is 2.44. The molecule has 0 fully saturated rings. The van der Waals surface area contributed by atoms with E-state index in [2.05, 4.69) is 0 Å². The fraction of sp³-hybridized carbons (Fsp3) is 0.250. The van der Waals surface area contributed by atoms with E-state index in [9.17, 15) is 17.2 Å². The van der Waals surface area contributed by atoms with Crippen LogP contribution in [0.5, 0.6) is 11.5 Å². The molecule has 4 rings (SSSR count). The lowest BCUT2D eigenvalue weighted by Gasteiger charge is -2.42. The van der Waals surface area contributed by atoms with Crippen molar-refractivity contribution in [2.45, 2.75) is 72.3 Å². The Morgan fingerprint density at radius 2 is 0.927 bits per heavy atom. The number of rotatable bonds is 8. The van der Waals surface area contributed by atoms with Crippen molar-refractivity contribution < 1.29 is 30.3 Å². The van der Waals surface area contributed by atoms with Crippen molar-refractivity contribution in [3.8, 4) is 11.5 Å². The average molecular weight is 601 g/mol. The zero-order valence-electron chi connectivity index (χ0n) is 23.9. The van der Waals surface area contributed by atoms with E-state index in [4.69, 9.17) is 13.1 Å². The first-order valence-corrected chi connectivity index (χ1v) is 16.0. The van der Waals surface area contributed by atoms with Gasteiger partial charge in [0.15, 0.2) is 4.90 Å². The van der Waals surface area contributed by atoms with E-state index in [-0.39, 0.29) is 0 Å². The first-order valence-electron chi connectivity index (χ1n) is 13.0. The maximum atomic E-state index is 15.0. The van der Waals surface area contributed by atoms with E-state index >= 15 is 0 Å². The summed E-state index contributed by atoms with van der Waals surface area (Å²) in [5, 5.41) is 0. The van der Waals surface area contributed by atoms with Crippen molar-refractivity contribution in [1.29, 1.82) is 0 Å². The SMILES string of the molecule is CC(C)(C)Oc1cccc(OC(C)(C)C)c1S(OS(=O)(=O)c1c(F)cccc1F)(c1ccccc1)c1ccccc1. The summed E-state index contributed by atoms with van der Waals surface area (Å²) >= 11 is 0. The lowest BCUT2D eigenvalue weighted by molar-refractivity contribution is 0.113. The molecule has 0 N–H and O–H groups in total. The molecule has 0 amide bonds. The van der Waals surface area contributed by atoms with Gasteiger partial charge in [-0.1, -0.05) is 48.5 Å². The summed E-state index contributed by atoms with van der Waals surface area (Å²) in [6.45, 7) is 11.2. The maximum absolute atomic E-state index is 15.0. The summed E-state index contributed by atoms with van der Waals surface area (Å²) in [5.74, 6) is -1.90. The molecule has 218 valence electrons. The predicted molar refractivity (Wildman–Crippen MR) is 157 cm³/mol. The quantitative estimate of drug-likeness (QED) is 0.202. The Bertz CT molecular complexity index is 1520. The van der Waals surface area contributed by atoms with E-state index in [0.717, 1.165) is 18.2 Å². The van der Waals surface area contributed by atoms with Crippen LogP contribution in [0.4, 0.5) is 8.78 Å². The molecule has 0 atom stereocenters. The smallest absolute Gasteiger partial charge is 0.313 e. The van der Waals surface area contributed by atoms with Crippen LogP contribution in [0.1, 0.15) is 41.5 Å². The molecule has 9 heteroatoms. The predicted octanol–water partition coefficient (Wildman–Crippen LogP) is 8.92. The second-order valence-corrected chi connectivity index (χ2v) is 15.6. The Labute approximate surface area is 242 Å². The number of benzene rings is 4. The highest BCUT2D eigenvalue weighted by molar-refractivity contribution is 8.33. The number of hydrogen-bond donors (Lipinski definition) is 0. The van der Waals surface area contributed by atoms with Gasteiger partial charge in [0.2, 0.25) is 0 Å². The number of hydrogen-bond acceptors (Lipinski definition) is 5. The van der Waals surface area contributed by atoms with Gasteiger partial charge in [0.25, 0.3) is 0 Å². The van der Waals surface area contributed by atoms with Gasteiger partial charge in [-0.25, -0.2) is 12.4 Å². The van der Waals surface area contributed by atoms with Gasteiger partial charge in [-0.3, -0.25) is 0 Å². The molecule has 4 aromatic carbocycles. The van der Waals surface area contributed by atoms with E-state index in [1.807, 2.05) is 41.5 Å². The highest BCUT2D eigenvalue weighted by atomic mass is 32.3. The van der Waals surface area contributed by atoms with Gasteiger partial charge in [0, 0.05) is 9.79 Å². The van der Waals surface area contributed by atoms with Crippen LogP contribution in [-0.4, -0.2) is 19.6 Å². The molecular formula is C32H34F2O5S2. The third-order valence-corrected chi connectivity index (χ3v) is 10.8. The molecule has 0 saturated heterocycles. The minimum absolute atomic E-state index is 0.308. The Hall–Kier alpha value is -3.40. The van der Waals surface area contributed by atoms with Crippen molar-refractivity contribution in [3.05, 3.63) is 109 Å². The van der Waals surface area contributed by atoms with Crippen molar-refractivity contribution >= 4 is 20.4 Å². The van der Waals surface area contributed by atoms with Gasteiger partial charge in [-0.05, 0) is 100 Å². The fourth-order valence-corrected chi connectivity index (χ4v) is 9.67. The van der Waals surface area contributed by atoms with Crippen molar-refractivity contribution in [3.63, 3.8) is 0 Å². The van der Waals surface area contributed by atoms with Gasteiger partial charge in [0.1, 0.15) is 39.2 Å². The first kappa shape index (κ1) is 30.6. The Morgan fingerprint density at radius 3 is 1.32 bits per heavy atom. The van der Waals surface area contributed by atoms with Crippen molar-refractivity contribution in [2.75, 3.05) is 0 Å². The summed E-state index contributed by atoms with van der Waals surface area (Å²) < 4.78 is 77.2. The summed E-state index contributed by atoms with van der Waals surface area (Å²) in [5.41, 5.74) is -1.41. The molecule has 5 nitrogen and oxygen atoms in total. The van der Waals surface area contributed by atoms with Gasteiger partial charge in [0.05, 0.1) is 0 Å². The molecule has 0 spiro atoms. The van der Waals surface area contributed by atoms with Crippen LogP contribution >= 0.6 is 10.3 Å². The molecule has 4 aromatic rings. The lowest BCUT2D eigenvalue weighted by atomic mass is 10.2. The topological polar surface area (TPSA) is 61.8 Å². The molecule has 0 aliphatic carbocycles. The van der Waals surface area contributed by atoms with Crippen LogP contribution in [0.15, 0.2) is 117 Å². The lowest BCUT2D eigenvalue weighted by Crippen LogP contribution is -2.27. The summed E-state index contributed by atoms with van der Waals surface area (Å²) in [4.78, 5) is 0.0456. The molecule has 0 aromatic heterocycles. The van der Waals surface area contributed by atoms with Crippen LogP contribution in [0.2, 0.25) is 0 Å². The Kier molecular flexibility index (Phi) is 8.55. The number of halogens is 2. The second kappa shape index (κ2) is 11.5. The van der Waals surface area contributed by atoms with E-state index in [1.165, 1.54) is 0 Å². The van der Waals surface area contributed by atoms with Crippen LogP contribution in [0.25, 0.3) is 0 Å². The Balaban J connectivity index is 2.20. The molecule has 0 radical (unpaired) electrons. The van der Waals surface area contributed by atoms with Crippen LogP contribution in [-0.2, 0) is 13.7 Å². The number of ether oxygens (including phenoxy) is 2. The van der Waals surface area contributed by atoms with E-state index in [0.29, 0.717) is 26.2 Å². The molecule has 0 unspecified atom stereocenters. The van der Waals surface area contributed by atoms with Gasteiger partial charge >= 0.3 is 10.1 Å². The third-order valence-electron chi connectivity index (χ3n) is 5.57. The zero-order valence-corrected chi connectivity index (χ0v) is 25.5. The maximum Gasteiger partial charge on any atom is 0.313 e. The van der Waals surface area contributed by atoms with E-state index < -0.39 is 48.2 Å². The normalized spacial score (nSPS) is 13.1. The van der Waals surface area contributed by atoms with Gasteiger partial charge in [-0.2, -0.15) is 8.42 Å². The zero-order chi connectivity index (χ0) is 30.1. The standard InChI is InChI=1S/C32H34F2O5S2/c1-31(2,3)37-27-21-14-22-28(38-32(4,5)6)30(27)40(23-15-9-7-10-16-23,24-17-11-8-12-18-24)39-41(35,36)29-25(33)19-13-20-26(29)34/h7-22H,1-6H3. The molecule has 41 heavy (non-hydrogen) atoms. The summed E-state index contributed by atoms with van der Waals surface area (Å²) in [6.07, 6.45) is 0. The molecule has 0 aliphatic rings. The Morgan fingerprint density at radius 1 is 0.537 bits per heavy atom. The fourth-order valence-electron chi connectivity index (χ4n) is 4.20. The molecule has 0 heterocycles.